The summed E-state index contributed by atoms with van der Waals surface area (Å²) in [7, 11) is 0. The Hall–Kier alpha value is -2.86. The average molecular weight is 433 g/mol. The summed E-state index contributed by atoms with van der Waals surface area (Å²) in [5, 5.41) is 4.72. The van der Waals surface area contributed by atoms with E-state index in [9.17, 15) is 0 Å². The van der Waals surface area contributed by atoms with Crippen LogP contribution in [0.2, 0.25) is 0 Å². The Balaban J connectivity index is 1.49. The number of aryl methyl sites for hydroxylation is 1. The Morgan fingerprint density at radius 2 is 2.00 bits per heavy atom. The Kier molecular flexibility index (Phi) is 5.64. The van der Waals surface area contributed by atoms with E-state index in [2.05, 4.69) is 40.4 Å². The molecule has 32 heavy (non-hydrogen) atoms. The number of ether oxygens (including phenoxy) is 2. The highest BCUT2D eigenvalue weighted by molar-refractivity contribution is 5.51. The summed E-state index contributed by atoms with van der Waals surface area (Å²) in [4.78, 5) is 7.36. The van der Waals surface area contributed by atoms with Gasteiger partial charge in [0.05, 0.1) is 24.6 Å². The summed E-state index contributed by atoms with van der Waals surface area (Å²) in [6.45, 7) is 12.1. The van der Waals surface area contributed by atoms with Crippen LogP contribution in [-0.2, 0) is 19.4 Å². The molecule has 2 aliphatic rings. The number of aromatic nitrogens is 3. The van der Waals surface area contributed by atoms with Crippen molar-refractivity contribution in [2.45, 2.75) is 65.1 Å². The number of nitrogens with zero attached hydrogens (tertiary/aromatic N) is 4. The van der Waals surface area contributed by atoms with Crippen molar-refractivity contribution in [1.29, 1.82) is 0 Å². The predicted molar refractivity (Wildman–Crippen MR) is 125 cm³/mol. The standard InChI is InChI=1S/C26H32N4O2/c1-5-8-19-12-18(13-24(31-6-2)26(19)32-7-3)16-29-20-9-10-22(29)21-15-27-25-11-17(4)28-30(25)23(21)14-20/h5,11-13,15,20,22H,1,6-10,14,16H2,2-4H3/t20-,22+/m0/s1. The highest BCUT2D eigenvalue weighted by Gasteiger charge is 2.41. The van der Waals surface area contributed by atoms with Crippen LogP contribution in [0.4, 0.5) is 0 Å². The number of hydrogen-bond acceptors (Lipinski definition) is 5. The maximum Gasteiger partial charge on any atom is 0.164 e. The molecular formula is C26H32N4O2. The third kappa shape index (κ3) is 3.56. The van der Waals surface area contributed by atoms with Crippen molar-refractivity contribution >= 4 is 5.65 Å². The topological polar surface area (TPSA) is 51.9 Å². The quantitative estimate of drug-likeness (QED) is 0.478. The number of benzene rings is 1. The third-order valence-corrected chi connectivity index (χ3v) is 6.68. The second kappa shape index (κ2) is 8.58. The monoisotopic (exact) mass is 432 g/mol. The van der Waals surface area contributed by atoms with Crippen LogP contribution in [0, 0.1) is 6.92 Å². The molecule has 6 heteroatoms. The lowest BCUT2D eigenvalue weighted by Crippen LogP contribution is -2.38. The molecule has 168 valence electrons. The molecule has 1 saturated heterocycles. The van der Waals surface area contributed by atoms with Gasteiger partial charge in [-0.05, 0) is 51.7 Å². The first-order valence-corrected chi connectivity index (χ1v) is 11.7. The van der Waals surface area contributed by atoms with Crippen LogP contribution in [0.15, 0.2) is 37.1 Å². The predicted octanol–water partition coefficient (Wildman–Crippen LogP) is 4.83. The van der Waals surface area contributed by atoms with Crippen molar-refractivity contribution in [3.8, 4) is 11.5 Å². The zero-order valence-corrected chi connectivity index (χ0v) is 19.3. The molecule has 0 spiro atoms. The highest BCUT2D eigenvalue weighted by atomic mass is 16.5. The molecule has 2 aliphatic heterocycles. The second-order valence-corrected chi connectivity index (χ2v) is 8.78. The van der Waals surface area contributed by atoms with Crippen molar-refractivity contribution in [3.05, 3.63) is 65.1 Å². The molecule has 2 aromatic heterocycles. The van der Waals surface area contributed by atoms with Gasteiger partial charge in [0.1, 0.15) is 0 Å². The average Bonchev–Trinajstić information content (AvgIpc) is 3.28. The van der Waals surface area contributed by atoms with Gasteiger partial charge in [0.15, 0.2) is 17.1 Å². The Labute approximate surface area is 189 Å². The summed E-state index contributed by atoms with van der Waals surface area (Å²) in [5.41, 5.74) is 7.04. The summed E-state index contributed by atoms with van der Waals surface area (Å²) in [6.07, 6.45) is 8.16. The third-order valence-electron chi connectivity index (χ3n) is 6.68. The van der Waals surface area contributed by atoms with Gasteiger partial charge in [-0.15, -0.1) is 6.58 Å². The zero-order valence-electron chi connectivity index (χ0n) is 19.3. The molecule has 6 nitrogen and oxygen atoms in total. The minimum Gasteiger partial charge on any atom is -0.490 e. The molecule has 2 bridgehead atoms. The van der Waals surface area contributed by atoms with Crippen molar-refractivity contribution in [3.63, 3.8) is 0 Å². The van der Waals surface area contributed by atoms with Gasteiger partial charge in [0.2, 0.25) is 0 Å². The van der Waals surface area contributed by atoms with Crippen molar-refractivity contribution in [2.24, 2.45) is 0 Å². The minimum absolute atomic E-state index is 0.384. The fraction of sp³-hybridized carbons (Fsp3) is 0.462. The Bertz CT molecular complexity index is 1150. The highest BCUT2D eigenvalue weighted by Crippen LogP contribution is 2.45. The van der Waals surface area contributed by atoms with Crippen molar-refractivity contribution < 1.29 is 9.47 Å². The number of hydrogen-bond donors (Lipinski definition) is 0. The molecule has 0 saturated carbocycles. The maximum atomic E-state index is 5.98. The van der Waals surface area contributed by atoms with E-state index in [1.807, 2.05) is 26.8 Å². The van der Waals surface area contributed by atoms with Crippen LogP contribution in [-0.4, -0.2) is 38.8 Å². The lowest BCUT2D eigenvalue weighted by atomic mass is 9.97. The van der Waals surface area contributed by atoms with Gasteiger partial charge in [0.25, 0.3) is 0 Å². The molecule has 0 N–H and O–H groups in total. The van der Waals surface area contributed by atoms with Crippen LogP contribution in [0.25, 0.3) is 5.65 Å². The van der Waals surface area contributed by atoms with Gasteiger partial charge in [-0.1, -0.05) is 12.1 Å². The number of rotatable bonds is 8. The summed E-state index contributed by atoms with van der Waals surface area (Å²) in [5.74, 6) is 1.69. The molecule has 2 atom stereocenters. The van der Waals surface area contributed by atoms with Gasteiger partial charge in [-0.25, -0.2) is 9.50 Å². The molecule has 0 amide bonds. The van der Waals surface area contributed by atoms with Crippen LogP contribution < -0.4 is 9.47 Å². The molecule has 1 fully saturated rings. The molecule has 0 aliphatic carbocycles. The lowest BCUT2D eigenvalue weighted by molar-refractivity contribution is 0.164. The van der Waals surface area contributed by atoms with Crippen LogP contribution >= 0.6 is 0 Å². The zero-order chi connectivity index (χ0) is 22.2. The van der Waals surface area contributed by atoms with Crippen LogP contribution in [0.1, 0.15) is 60.8 Å². The molecule has 0 unspecified atom stereocenters. The molecule has 3 aromatic rings. The number of fused-ring (bicyclic) bond motifs is 6. The maximum absolute atomic E-state index is 5.98. The van der Waals surface area contributed by atoms with E-state index >= 15 is 0 Å². The lowest BCUT2D eigenvalue weighted by Gasteiger charge is -2.36. The summed E-state index contributed by atoms with van der Waals surface area (Å²) < 4.78 is 14.0. The van der Waals surface area contributed by atoms with E-state index in [-0.39, 0.29) is 0 Å². The first-order chi connectivity index (χ1) is 15.6. The second-order valence-electron chi connectivity index (χ2n) is 8.78. The van der Waals surface area contributed by atoms with E-state index in [1.54, 1.807) is 0 Å². The largest absolute Gasteiger partial charge is 0.490 e. The van der Waals surface area contributed by atoms with Gasteiger partial charge < -0.3 is 9.47 Å². The molecule has 4 heterocycles. The molecule has 5 rings (SSSR count). The van der Waals surface area contributed by atoms with Gasteiger partial charge in [0, 0.05) is 48.4 Å². The minimum atomic E-state index is 0.384. The van der Waals surface area contributed by atoms with Gasteiger partial charge in [-0.3, -0.25) is 4.90 Å². The molecule has 0 radical (unpaired) electrons. The number of allylic oxidation sites excluding steroid dienone is 1. The van der Waals surface area contributed by atoms with Gasteiger partial charge >= 0.3 is 0 Å². The summed E-state index contributed by atoms with van der Waals surface area (Å²) in [6, 6.07) is 7.39. The van der Waals surface area contributed by atoms with Crippen molar-refractivity contribution in [1.82, 2.24) is 19.5 Å². The van der Waals surface area contributed by atoms with Gasteiger partial charge in [-0.2, -0.15) is 5.10 Å². The normalized spacial score (nSPS) is 19.8. The SMILES string of the molecule is C=CCc1cc(CN2[C@H]3CC[C@@H]2c2cnc4cc(C)nn4c2C3)cc(OCC)c1OCC. The Morgan fingerprint density at radius 3 is 2.78 bits per heavy atom. The van der Waals surface area contributed by atoms with E-state index in [1.165, 1.54) is 29.7 Å². The van der Waals surface area contributed by atoms with E-state index in [0.717, 1.165) is 47.8 Å². The van der Waals surface area contributed by atoms with E-state index in [4.69, 9.17) is 19.6 Å². The first-order valence-electron chi connectivity index (χ1n) is 11.7. The molecule has 1 aromatic carbocycles. The first kappa shape index (κ1) is 21.0. The Morgan fingerprint density at radius 1 is 1.16 bits per heavy atom. The fourth-order valence-electron chi connectivity index (χ4n) is 5.45. The van der Waals surface area contributed by atoms with Crippen LogP contribution in [0.5, 0.6) is 11.5 Å². The van der Waals surface area contributed by atoms with Crippen molar-refractivity contribution in [2.75, 3.05) is 13.2 Å². The fourth-order valence-corrected chi connectivity index (χ4v) is 5.45. The van der Waals surface area contributed by atoms with E-state index < -0.39 is 0 Å². The van der Waals surface area contributed by atoms with Crippen LogP contribution in [0.3, 0.4) is 0 Å². The summed E-state index contributed by atoms with van der Waals surface area (Å²) >= 11 is 0. The molecular weight excluding hydrogens is 400 g/mol. The smallest absolute Gasteiger partial charge is 0.164 e. The van der Waals surface area contributed by atoms with E-state index in [0.29, 0.717) is 25.3 Å².